The predicted molar refractivity (Wildman–Crippen MR) is 73.0 cm³/mol. The highest BCUT2D eigenvalue weighted by atomic mass is 32.3. The minimum atomic E-state index is -4.68. The minimum absolute atomic E-state index is 0.246. The Morgan fingerprint density at radius 2 is 2.10 bits per heavy atom. The van der Waals surface area contributed by atoms with Crippen LogP contribution in [0.4, 0.5) is 8.68 Å². The fourth-order valence-corrected chi connectivity index (χ4v) is 3.78. The van der Waals surface area contributed by atoms with E-state index in [0.717, 1.165) is 16.2 Å². The first kappa shape index (κ1) is 15.2. The number of thiophene rings is 1. The topological polar surface area (TPSA) is 63.7 Å². The number of carbonyl (C=O) groups excluding carboxylic acids is 1. The first-order chi connectivity index (χ1) is 9.06. The van der Waals surface area contributed by atoms with Crippen LogP contribution in [0.2, 0.25) is 0 Å². The van der Waals surface area contributed by atoms with E-state index >= 15 is 0 Å². The van der Waals surface area contributed by atoms with Crippen molar-refractivity contribution >= 4 is 27.7 Å². The lowest BCUT2D eigenvalue weighted by Gasteiger charge is -2.29. The first-order valence-electron chi connectivity index (χ1n) is 6.10. The first-order valence-corrected chi connectivity index (χ1v) is 8.30. The Balaban J connectivity index is 2.15. The zero-order chi connectivity index (χ0) is 15.1. The summed E-state index contributed by atoms with van der Waals surface area (Å²) >= 11 is 0.927. The van der Waals surface area contributed by atoms with Crippen LogP contribution < -0.4 is 0 Å². The van der Waals surface area contributed by atoms with Gasteiger partial charge in [-0.3, -0.25) is 0 Å². The van der Waals surface area contributed by atoms with Gasteiger partial charge in [0.2, 0.25) is 0 Å². The molecule has 0 aliphatic carbocycles. The summed E-state index contributed by atoms with van der Waals surface area (Å²) in [7, 11) is -4.68. The molecule has 1 aromatic heterocycles. The van der Waals surface area contributed by atoms with Gasteiger partial charge in [0.1, 0.15) is 5.60 Å². The largest absolute Gasteiger partial charge is 0.444 e. The minimum Gasteiger partial charge on any atom is -0.444 e. The van der Waals surface area contributed by atoms with Crippen LogP contribution in [0.15, 0.2) is 10.3 Å². The molecule has 1 aromatic rings. The molecule has 0 atom stereocenters. The van der Waals surface area contributed by atoms with Gasteiger partial charge >= 0.3 is 16.3 Å². The molecular weight excluding hydrogens is 305 g/mol. The van der Waals surface area contributed by atoms with Crippen molar-refractivity contribution in [2.45, 2.75) is 43.5 Å². The monoisotopic (exact) mass is 321 g/mol. The van der Waals surface area contributed by atoms with E-state index in [2.05, 4.69) is 0 Å². The fourth-order valence-electron chi connectivity index (χ4n) is 1.91. The van der Waals surface area contributed by atoms with Crippen molar-refractivity contribution in [2.75, 3.05) is 6.54 Å². The van der Waals surface area contributed by atoms with E-state index in [-0.39, 0.29) is 10.8 Å². The van der Waals surface area contributed by atoms with Gasteiger partial charge < -0.3 is 9.64 Å². The van der Waals surface area contributed by atoms with E-state index < -0.39 is 21.9 Å². The molecule has 0 unspecified atom stereocenters. The molecule has 0 saturated heterocycles. The van der Waals surface area contributed by atoms with E-state index in [4.69, 9.17) is 4.74 Å². The zero-order valence-electron chi connectivity index (χ0n) is 11.5. The summed E-state index contributed by atoms with van der Waals surface area (Å²) in [5, 5.41) is 0. The lowest BCUT2D eigenvalue weighted by molar-refractivity contribution is 0.0225. The summed E-state index contributed by atoms with van der Waals surface area (Å²) < 4.78 is 39.7. The summed E-state index contributed by atoms with van der Waals surface area (Å²) in [6.45, 7) is 6.01. The smallest absolute Gasteiger partial charge is 0.410 e. The van der Waals surface area contributed by atoms with Crippen LogP contribution >= 0.6 is 11.3 Å². The lowest BCUT2D eigenvalue weighted by atomic mass is 10.1. The van der Waals surface area contributed by atoms with Crippen LogP contribution in [0, 0.1) is 0 Å². The molecule has 0 spiro atoms. The molecule has 8 heteroatoms. The van der Waals surface area contributed by atoms with Crippen LogP contribution in [0.25, 0.3) is 0 Å². The number of amides is 1. The number of hydrogen-bond donors (Lipinski definition) is 0. The van der Waals surface area contributed by atoms with Crippen molar-refractivity contribution in [3.05, 3.63) is 16.5 Å². The van der Waals surface area contributed by atoms with Crippen molar-refractivity contribution < 1.29 is 21.8 Å². The van der Waals surface area contributed by atoms with Crippen LogP contribution in [0.1, 0.15) is 31.2 Å². The Morgan fingerprint density at radius 1 is 1.45 bits per heavy atom. The summed E-state index contributed by atoms with van der Waals surface area (Å²) in [5.74, 6) is 0. The predicted octanol–water partition coefficient (Wildman–Crippen LogP) is 2.70. The van der Waals surface area contributed by atoms with Gasteiger partial charge in [-0.05, 0) is 38.8 Å². The number of hydrogen-bond acceptors (Lipinski definition) is 5. The average Bonchev–Trinajstić information content (AvgIpc) is 2.68. The molecule has 1 aliphatic heterocycles. The molecule has 0 radical (unpaired) electrons. The second-order valence-corrected chi connectivity index (χ2v) is 8.31. The highest BCUT2D eigenvalue weighted by Gasteiger charge is 2.28. The highest BCUT2D eigenvalue weighted by Crippen LogP contribution is 2.32. The van der Waals surface area contributed by atoms with Crippen molar-refractivity contribution in [3.63, 3.8) is 0 Å². The number of rotatable bonds is 1. The van der Waals surface area contributed by atoms with Crippen LogP contribution in [-0.4, -0.2) is 31.6 Å². The standard InChI is InChI=1S/C12H16FNO4S2/c1-12(2,3)18-11(15)14-5-4-9-8(7-14)6-10(19-9)20(13,16)17/h6H,4-5,7H2,1-3H3. The molecule has 5 nitrogen and oxygen atoms in total. The average molecular weight is 321 g/mol. The van der Waals surface area contributed by atoms with E-state index in [0.29, 0.717) is 18.5 Å². The maximum Gasteiger partial charge on any atom is 0.410 e. The maximum absolute atomic E-state index is 13.0. The fraction of sp³-hybridized carbons (Fsp3) is 0.583. The molecule has 0 aromatic carbocycles. The van der Waals surface area contributed by atoms with E-state index in [1.807, 2.05) is 0 Å². The Morgan fingerprint density at radius 3 is 2.65 bits per heavy atom. The Labute approximate surface area is 121 Å². The van der Waals surface area contributed by atoms with Gasteiger partial charge in [0.05, 0.1) is 6.54 Å². The van der Waals surface area contributed by atoms with Crippen LogP contribution in [0.5, 0.6) is 0 Å². The molecule has 2 rings (SSSR count). The van der Waals surface area contributed by atoms with Crippen LogP contribution in [-0.2, 0) is 27.9 Å². The molecule has 0 N–H and O–H groups in total. The highest BCUT2D eigenvalue weighted by molar-refractivity contribution is 7.88. The van der Waals surface area contributed by atoms with Gasteiger partial charge in [0.15, 0.2) is 4.21 Å². The second kappa shape index (κ2) is 5.00. The number of nitrogens with zero attached hydrogens (tertiary/aromatic N) is 1. The summed E-state index contributed by atoms with van der Waals surface area (Å²) in [5.41, 5.74) is 0.0859. The molecule has 1 amide bonds. The van der Waals surface area contributed by atoms with Crippen LogP contribution in [0.3, 0.4) is 0 Å². The Kier molecular flexibility index (Phi) is 3.81. The number of halogens is 1. The van der Waals surface area contributed by atoms with Gasteiger partial charge in [-0.1, -0.05) is 3.89 Å². The third-order valence-corrected chi connectivity index (χ3v) is 5.21. The summed E-state index contributed by atoms with van der Waals surface area (Å²) in [6.07, 6.45) is 0.0633. The molecule has 0 bridgehead atoms. The van der Waals surface area contributed by atoms with Gasteiger partial charge in [0.25, 0.3) is 0 Å². The van der Waals surface area contributed by atoms with E-state index in [9.17, 15) is 17.1 Å². The SMILES string of the molecule is CC(C)(C)OC(=O)N1CCc2sc(S(=O)(=O)F)cc2C1. The van der Waals surface area contributed by atoms with Crippen molar-refractivity contribution in [2.24, 2.45) is 0 Å². The summed E-state index contributed by atoms with van der Waals surface area (Å²) in [6, 6.07) is 1.30. The quantitative estimate of drug-likeness (QED) is 0.746. The molecule has 20 heavy (non-hydrogen) atoms. The van der Waals surface area contributed by atoms with Gasteiger partial charge in [-0.25, -0.2) is 4.79 Å². The number of carbonyl (C=O) groups is 1. The molecule has 0 fully saturated rings. The molecular formula is C12H16FNO4S2. The van der Waals surface area contributed by atoms with Crippen molar-refractivity contribution in [1.82, 2.24) is 4.90 Å². The lowest BCUT2D eigenvalue weighted by Crippen LogP contribution is -2.39. The van der Waals surface area contributed by atoms with Gasteiger partial charge in [-0.15, -0.1) is 11.3 Å². The van der Waals surface area contributed by atoms with Gasteiger partial charge in [-0.2, -0.15) is 8.42 Å². The van der Waals surface area contributed by atoms with E-state index in [1.54, 1.807) is 20.8 Å². The Hall–Kier alpha value is -1.15. The maximum atomic E-state index is 13.0. The molecule has 1 aliphatic rings. The third-order valence-electron chi connectivity index (χ3n) is 2.74. The summed E-state index contributed by atoms with van der Waals surface area (Å²) in [4.78, 5) is 14.2. The Bertz CT molecular complexity index is 630. The van der Waals surface area contributed by atoms with Crippen molar-refractivity contribution in [3.8, 4) is 0 Å². The second-order valence-electron chi connectivity index (χ2n) is 5.60. The normalized spacial score (nSPS) is 15.9. The number of ether oxygens (including phenoxy) is 1. The molecule has 0 saturated carbocycles. The molecule has 2 heterocycles. The van der Waals surface area contributed by atoms with Crippen molar-refractivity contribution in [1.29, 1.82) is 0 Å². The number of fused-ring (bicyclic) bond motifs is 1. The van der Waals surface area contributed by atoms with Gasteiger partial charge in [0, 0.05) is 11.4 Å². The zero-order valence-corrected chi connectivity index (χ0v) is 13.1. The third kappa shape index (κ3) is 3.49. The molecule has 112 valence electrons. The van der Waals surface area contributed by atoms with E-state index in [1.165, 1.54) is 11.0 Å².